The van der Waals surface area contributed by atoms with E-state index in [2.05, 4.69) is 10.4 Å². The molecule has 3 N–H and O–H groups in total. The van der Waals surface area contributed by atoms with Gasteiger partial charge < -0.3 is 10.4 Å². The number of hydrogen-bond acceptors (Lipinski definition) is 6. The number of phenolic OH excluding ortho intramolecular Hbond substituents is 1. The minimum absolute atomic E-state index is 0.0255. The number of nitro groups is 1. The molecule has 1 atom stereocenters. The third kappa shape index (κ3) is 4.87. The second-order valence-electron chi connectivity index (χ2n) is 5.31. The molecule has 0 aliphatic carbocycles. The SMILES string of the molecule is C[C@H](NC(=O)C(=O)N/N=C/c1cc([N+](=O)[O-])ccc1O)c1ccccc1. The van der Waals surface area contributed by atoms with Gasteiger partial charge in [-0.15, -0.1) is 0 Å². The van der Waals surface area contributed by atoms with Crippen molar-refractivity contribution in [2.75, 3.05) is 0 Å². The lowest BCUT2D eigenvalue weighted by Crippen LogP contribution is -2.39. The quantitative estimate of drug-likeness (QED) is 0.324. The van der Waals surface area contributed by atoms with Gasteiger partial charge in [-0.1, -0.05) is 30.3 Å². The van der Waals surface area contributed by atoms with Crippen LogP contribution in [-0.2, 0) is 9.59 Å². The first kappa shape index (κ1) is 18.6. The summed E-state index contributed by atoms with van der Waals surface area (Å²) in [6.07, 6.45) is 1.01. The molecule has 0 saturated carbocycles. The highest BCUT2D eigenvalue weighted by Gasteiger charge is 2.16. The number of phenols is 1. The van der Waals surface area contributed by atoms with Crippen molar-refractivity contribution in [1.29, 1.82) is 0 Å². The summed E-state index contributed by atoms with van der Waals surface area (Å²) in [5, 5.41) is 26.4. The summed E-state index contributed by atoms with van der Waals surface area (Å²) in [6.45, 7) is 1.73. The maximum Gasteiger partial charge on any atom is 0.329 e. The molecule has 0 radical (unpaired) electrons. The molecule has 134 valence electrons. The minimum Gasteiger partial charge on any atom is -0.507 e. The van der Waals surface area contributed by atoms with Crippen molar-refractivity contribution >= 4 is 23.7 Å². The second kappa shape index (κ2) is 8.38. The number of hydrogen-bond donors (Lipinski definition) is 3. The summed E-state index contributed by atoms with van der Waals surface area (Å²) in [6, 6.07) is 12.1. The Labute approximate surface area is 148 Å². The molecule has 0 saturated heterocycles. The Hall–Kier alpha value is -3.75. The van der Waals surface area contributed by atoms with Gasteiger partial charge in [-0.25, -0.2) is 5.43 Å². The summed E-state index contributed by atoms with van der Waals surface area (Å²) in [4.78, 5) is 33.7. The van der Waals surface area contributed by atoms with Crippen molar-refractivity contribution in [2.45, 2.75) is 13.0 Å². The van der Waals surface area contributed by atoms with Gasteiger partial charge in [0.05, 0.1) is 17.2 Å². The first-order valence-corrected chi connectivity index (χ1v) is 7.54. The smallest absolute Gasteiger partial charge is 0.329 e. The number of carbonyl (C=O) groups is 2. The molecule has 0 aliphatic heterocycles. The number of amides is 2. The summed E-state index contributed by atoms with van der Waals surface area (Å²) in [7, 11) is 0. The van der Waals surface area contributed by atoms with Crippen molar-refractivity contribution in [2.24, 2.45) is 5.10 Å². The number of rotatable bonds is 5. The predicted octanol–water partition coefficient (Wildman–Crippen LogP) is 1.63. The number of carbonyl (C=O) groups excluding carboxylic acids is 2. The fourth-order valence-corrected chi connectivity index (χ4v) is 2.06. The number of aromatic hydroxyl groups is 1. The Morgan fingerprint density at radius 3 is 2.54 bits per heavy atom. The van der Waals surface area contributed by atoms with Crippen LogP contribution in [0.2, 0.25) is 0 Å². The molecule has 0 bridgehead atoms. The van der Waals surface area contributed by atoms with E-state index in [9.17, 15) is 24.8 Å². The maximum atomic E-state index is 11.8. The Morgan fingerprint density at radius 1 is 1.19 bits per heavy atom. The number of hydrazone groups is 1. The van der Waals surface area contributed by atoms with Crippen molar-refractivity contribution in [3.05, 3.63) is 69.8 Å². The van der Waals surface area contributed by atoms with E-state index >= 15 is 0 Å². The maximum absolute atomic E-state index is 11.8. The summed E-state index contributed by atoms with van der Waals surface area (Å²) < 4.78 is 0. The molecule has 9 nitrogen and oxygen atoms in total. The zero-order valence-electron chi connectivity index (χ0n) is 13.7. The van der Waals surface area contributed by atoms with Crippen molar-refractivity contribution < 1.29 is 19.6 Å². The molecule has 0 unspecified atom stereocenters. The average molecular weight is 356 g/mol. The van der Waals surface area contributed by atoms with E-state index in [1.54, 1.807) is 6.92 Å². The lowest BCUT2D eigenvalue weighted by molar-refractivity contribution is -0.384. The molecular formula is C17H16N4O5. The van der Waals surface area contributed by atoms with Crippen LogP contribution in [0, 0.1) is 10.1 Å². The molecule has 2 aromatic rings. The van der Waals surface area contributed by atoms with Crippen LogP contribution in [0.1, 0.15) is 24.1 Å². The Bertz CT molecular complexity index is 851. The van der Waals surface area contributed by atoms with E-state index < -0.39 is 16.7 Å². The normalized spacial score (nSPS) is 11.7. The Morgan fingerprint density at radius 2 is 1.88 bits per heavy atom. The third-order valence-corrected chi connectivity index (χ3v) is 3.45. The van der Waals surface area contributed by atoms with Crippen LogP contribution >= 0.6 is 0 Å². The van der Waals surface area contributed by atoms with Crippen molar-refractivity contribution in [3.8, 4) is 5.75 Å². The molecule has 0 aliphatic rings. The topological polar surface area (TPSA) is 134 Å². The van der Waals surface area contributed by atoms with Gasteiger partial charge in [0.15, 0.2) is 0 Å². The highest BCUT2D eigenvalue weighted by atomic mass is 16.6. The van der Waals surface area contributed by atoms with Crippen molar-refractivity contribution in [1.82, 2.24) is 10.7 Å². The van der Waals surface area contributed by atoms with E-state index in [0.29, 0.717) is 0 Å². The van der Waals surface area contributed by atoms with E-state index in [1.165, 1.54) is 0 Å². The standard InChI is InChI=1S/C17H16N4O5/c1-11(12-5-3-2-4-6-12)19-16(23)17(24)20-18-10-13-9-14(21(25)26)7-8-15(13)22/h2-11,22H,1H3,(H,19,23)(H,20,24)/b18-10+/t11-/m0/s1. The van der Waals surface area contributed by atoms with Crippen LogP contribution in [0.25, 0.3) is 0 Å². The minimum atomic E-state index is -1.01. The Balaban J connectivity index is 1.95. The predicted molar refractivity (Wildman–Crippen MR) is 93.5 cm³/mol. The number of benzene rings is 2. The summed E-state index contributed by atoms with van der Waals surface area (Å²) in [5.74, 6) is -2.15. The summed E-state index contributed by atoms with van der Waals surface area (Å²) in [5.41, 5.74) is 2.61. The molecule has 0 spiro atoms. The first-order chi connectivity index (χ1) is 12.4. The van der Waals surface area contributed by atoms with Crippen LogP contribution in [0.3, 0.4) is 0 Å². The average Bonchev–Trinajstić information content (AvgIpc) is 2.63. The number of non-ortho nitro benzene ring substituents is 1. The molecule has 0 aromatic heterocycles. The lowest BCUT2D eigenvalue weighted by Gasteiger charge is -2.13. The first-order valence-electron chi connectivity index (χ1n) is 7.54. The second-order valence-corrected chi connectivity index (χ2v) is 5.31. The van der Waals surface area contributed by atoms with E-state index in [1.807, 2.05) is 35.8 Å². The fraction of sp³-hybridized carbons (Fsp3) is 0.118. The Kier molecular flexibility index (Phi) is 5.99. The van der Waals surface area contributed by atoms with Crippen molar-refractivity contribution in [3.63, 3.8) is 0 Å². The van der Waals surface area contributed by atoms with Crippen LogP contribution in [0.5, 0.6) is 5.75 Å². The molecule has 0 heterocycles. The number of nitrogens with one attached hydrogen (secondary N) is 2. The monoisotopic (exact) mass is 356 g/mol. The van der Waals surface area contributed by atoms with Gasteiger partial charge in [0.1, 0.15) is 5.75 Å². The van der Waals surface area contributed by atoms with Crippen LogP contribution in [0.4, 0.5) is 5.69 Å². The molecule has 0 fully saturated rings. The lowest BCUT2D eigenvalue weighted by atomic mass is 10.1. The molecular weight excluding hydrogens is 340 g/mol. The number of nitro benzene ring substituents is 1. The highest BCUT2D eigenvalue weighted by Crippen LogP contribution is 2.21. The van der Waals surface area contributed by atoms with Crippen LogP contribution in [0.15, 0.2) is 53.6 Å². The third-order valence-electron chi connectivity index (χ3n) is 3.45. The molecule has 2 amide bonds. The van der Waals surface area contributed by atoms with Crippen LogP contribution < -0.4 is 10.7 Å². The van der Waals surface area contributed by atoms with Gasteiger partial charge in [-0.2, -0.15) is 5.10 Å². The van der Waals surface area contributed by atoms with Gasteiger partial charge in [0.25, 0.3) is 5.69 Å². The molecule has 2 rings (SSSR count). The zero-order chi connectivity index (χ0) is 19.1. The largest absolute Gasteiger partial charge is 0.507 e. The van der Waals surface area contributed by atoms with E-state index in [-0.39, 0.29) is 23.0 Å². The highest BCUT2D eigenvalue weighted by molar-refractivity contribution is 6.35. The zero-order valence-corrected chi connectivity index (χ0v) is 13.7. The van der Waals surface area contributed by atoms with Gasteiger partial charge in [-0.3, -0.25) is 19.7 Å². The molecule has 26 heavy (non-hydrogen) atoms. The fourth-order valence-electron chi connectivity index (χ4n) is 2.06. The molecule has 9 heteroatoms. The molecule has 2 aromatic carbocycles. The van der Waals surface area contributed by atoms with Gasteiger partial charge in [-0.05, 0) is 18.6 Å². The van der Waals surface area contributed by atoms with Crippen LogP contribution in [-0.4, -0.2) is 28.1 Å². The van der Waals surface area contributed by atoms with Gasteiger partial charge in [0.2, 0.25) is 0 Å². The van der Waals surface area contributed by atoms with Gasteiger partial charge in [0, 0.05) is 17.7 Å². The van der Waals surface area contributed by atoms with E-state index in [0.717, 1.165) is 30.0 Å². The summed E-state index contributed by atoms with van der Waals surface area (Å²) >= 11 is 0. The number of nitrogens with zero attached hydrogens (tertiary/aromatic N) is 2. The van der Waals surface area contributed by atoms with Gasteiger partial charge >= 0.3 is 11.8 Å². The van der Waals surface area contributed by atoms with E-state index in [4.69, 9.17) is 0 Å².